The van der Waals surface area contributed by atoms with Gasteiger partial charge in [-0.1, -0.05) is 17.7 Å². The first kappa shape index (κ1) is 13.7. The summed E-state index contributed by atoms with van der Waals surface area (Å²) >= 11 is 5.68. The normalized spacial score (nSPS) is 20.8. The Morgan fingerprint density at radius 1 is 1.50 bits per heavy atom. The van der Waals surface area contributed by atoms with Gasteiger partial charge in [0, 0.05) is 36.3 Å². The van der Waals surface area contributed by atoms with Crippen LogP contribution in [0.4, 0.5) is 4.39 Å². The molecule has 2 N–H and O–H groups in total. The highest BCUT2D eigenvalue weighted by Gasteiger charge is 2.19. The van der Waals surface area contributed by atoms with E-state index < -0.39 is 0 Å². The van der Waals surface area contributed by atoms with Gasteiger partial charge in [0.15, 0.2) is 0 Å². The molecule has 0 unspecified atom stereocenters. The molecule has 0 amide bonds. The first-order valence-electron chi connectivity index (χ1n) is 5.07. The molecule has 0 aliphatic carbocycles. The number of hydrogen-bond acceptors (Lipinski definition) is 2. The van der Waals surface area contributed by atoms with Gasteiger partial charge in [-0.2, -0.15) is 0 Å². The smallest absolute Gasteiger partial charge is 0.129 e. The third-order valence-corrected chi connectivity index (χ3v) is 2.95. The first-order valence-corrected chi connectivity index (χ1v) is 5.45. The van der Waals surface area contributed by atoms with Crippen molar-refractivity contribution >= 4 is 24.0 Å². The van der Waals surface area contributed by atoms with Crippen LogP contribution in [0.25, 0.3) is 0 Å². The van der Waals surface area contributed by atoms with Crippen LogP contribution in [0.3, 0.4) is 0 Å². The van der Waals surface area contributed by atoms with Crippen molar-refractivity contribution in [3.8, 4) is 0 Å². The number of nitrogens with zero attached hydrogens (tertiary/aromatic N) is 1. The highest BCUT2D eigenvalue weighted by molar-refractivity contribution is 6.30. The highest BCUT2D eigenvalue weighted by atomic mass is 35.5. The lowest BCUT2D eigenvalue weighted by Crippen LogP contribution is -2.26. The van der Waals surface area contributed by atoms with E-state index in [0.29, 0.717) is 17.1 Å². The monoisotopic (exact) mass is 264 g/mol. The molecule has 0 bridgehead atoms. The Balaban J connectivity index is 0.00000128. The third-order valence-electron chi connectivity index (χ3n) is 2.72. The lowest BCUT2D eigenvalue weighted by Gasteiger charge is -2.15. The molecule has 90 valence electrons. The van der Waals surface area contributed by atoms with Crippen LogP contribution in [0.2, 0.25) is 5.02 Å². The Morgan fingerprint density at radius 3 is 2.81 bits per heavy atom. The van der Waals surface area contributed by atoms with Gasteiger partial charge in [-0.25, -0.2) is 4.39 Å². The number of halogens is 3. The Labute approximate surface area is 106 Å². The van der Waals surface area contributed by atoms with Gasteiger partial charge in [-0.15, -0.1) is 12.4 Å². The van der Waals surface area contributed by atoms with Gasteiger partial charge in [-0.05, 0) is 18.6 Å². The summed E-state index contributed by atoms with van der Waals surface area (Å²) in [7, 11) is 0. The second-order valence-electron chi connectivity index (χ2n) is 4.02. The SMILES string of the molecule is Cl.N[C@@H]1CCN(Cc2ccc(Cl)cc2F)C1. The Hall–Kier alpha value is -0.350. The molecule has 0 aromatic heterocycles. The van der Waals surface area contributed by atoms with E-state index >= 15 is 0 Å². The molecule has 5 heteroatoms. The Bertz CT molecular complexity index is 360. The summed E-state index contributed by atoms with van der Waals surface area (Å²) in [5.74, 6) is -0.233. The minimum atomic E-state index is -0.233. The number of nitrogens with two attached hydrogens (primary N) is 1. The lowest BCUT2D eigenvalue weighted by molar-refractivity contribution is 0.321. The average molecular weight is 265 g/mol. The molecule has 1 fully saturated rings. The number of rotatable bonds is 2. The Morgan fingerprint density at radius 2 is 2.25 bits per heavy atom. The van der Waals surface area contributed by atoms with Gasteiger partial charge in [0.05, 0.1) is 0 Å². The standard InChI is InChI=1S/C11H14ClFN2.ClH/c12-9-2-1-8(11(13)5-9)6-15-4-3-10(14)7-15;/h1-2,5,10H,3-4,6-7,14H2;1H/t10-;/m1./s1. The molecule has 0 saturated carbocycles. The predicted molar refractivity (Wildman–Crippen MR) is 66.5 cm³/mol. The molecule has 1 aliphatic rings. The second-order valence-corrected chi connectivity index (χ2v) is 4.46. The molecule has 2 nitrogen and oxygen atoms in total. The highest BCUT2D eigenvalue weighted by Crippen LogP contribution is 2.18. The minimum Gasteiger partial charge on any atom is -0.326 e. The molecule has 1 atom stereocenters. The fourth-order valence-electron chi connectivity index (χ4n) is 1.90. The molecular formula is C11H15Cl2FN2. The van der Waals surface area contributed by atoms with Crippen molar-refractivity contribution in [1.82, 2.24) is 4.90 Å². The zero-order valence-electron chi connectivity index (χ0n) is 8.83. The van der Waals surface area contributed by atoms with Crippen LogP contribution in [0.5, 0.6) is 0 Å². The van der Waals surface area contributed by atoms with Crippen LogP contribution in [-0.4, -0.2) is 24.0 Å². The van der Waals surface area contributed by atoms with Gasteiger partial charge in [-0.3, -0.25) is 4.90 Å². The molecule has 1 aliphatic heterocycles. The van der Waals surface area contributed by atoms with E-state index in [1.807, 2.05) is 0 Å². The van der Waals surface area contributed by atoms with E-state index in [1.165, 1.54) is 6.07 Å². The molecule has 1 saturated heterocycles. The molecule has 1 aromatic carbocycles. The zero-order valence-corrected chi connectivity index (χ0v) is 10.4. The zero-order chi connectivity index (χ0) is 10.8. The molecule has 16 heavy (non-hydrogen) atoms. The quantitative estimate of drug-likeness (QED) is 0.889. The fraction of sp³-hybridized carbons (Fsp3) is 0.455. The van der Waals surface area contributed by atoms with Crippen molar-refractivity contribution in [2.75, 3.05) is 13.1 Å². The molecular weight excluding hydrogens is 250 g/mol. The lowest BCUT2D eigenvalue weighted by atomic mass is 10.2. The van der Waals surface area contributed by atoms with E-state index in [9.17, 15) is 4.39 Å². The van der Waals surface area contributed by atoms with Gasteiger partial charge in [0.1, 0.15) is 5.82 Å². The van der Waals surface area contributed by atoms with Gasteiger partial charge in [0.25, 0.3) is 0 Å². The summed E-state index contributed by atoms with van der Waals surface area (Å²) in [5.41, 5.74) is 6.47. The van der Waals surface area contributed by atoms with E-state index in [2.05, 4.69) is 4.90 Å². The van der Waals surface area contributed by atoms with Gasteiger partial charge < -0.3 is 5.73 Å². The van der Waals surface area contributed by atoms with Crippen LogP contribution in [0, 0.1) is 5.82 Å². The maximum atomic E-state index is 13.5. The van der Waals surface area contributed by atoms with Crippen molar-refractivity contribution < 1.29 is 4.39 Å². The summed E-state index contributed by atoms with van der Waals surface area (Å²) in [6, 6.07) is 5.05. The van der Waals surface area contributed by atoms with Crippen LogP contribution >= 0.6 is 24.0 Å². The van der Waals surface area contributed by atoms with E-state index in [1.54, 1.807) is 12.1 Å². The predicted octanol–water partition coefficient (Wildman–Crippen LogP) is 2.43. The number of hydrogen-bond donors (Lipinski definition) is 1. The molecule has 2 rings (SSSR count). The summed E-state index contributed by atoms with van der Waals surface area (Å²) in [6.07, 6.45) is 0.995. The third kappa shape index (κ3) is 3.32. The molecule has 1 heterocycles. The molecule has 0 radical (unpaired) electrons. The molecule has 0 spiro atoms. The maximum Gasteiger partial charge on any atom is 0.129 e. The van der Waals surface area contributed by atoms with Gasteiger partial charge in [0.2, 0.25) is 0 Å². The van der Waals surface area contributed by atoms with Crippen molar-refractivity contribution in [2.45, 2.75) is 19.0 Å². The maximum absolute atomic E-state index is 13.5. The van der Waals surface area contributed by atoms with Crippen molar-refractivity contribution in [2.24, 2.45) is 5.73 Å². The van der Waals surface area contributed by atoms with Gasteiger partial charge >= 0.3 is 0 Å². The van der Waals surface area contributed by atoms with E-state index in [-0.39, 0.29) is 24.3 Å². The van der Waals surface area contributed by atoms with Crippen LogP contribution in [0.15, 0.2) is 18.2 Å². The average Bonchev–Trinajstić information content (AvgIpc) is 2.56. The van der Waals surface area contributed by atoms with E-state index in [0.717, 1.165) is 19.5 Å². The van der Waals surface area contributed by atoms with Crippen LogP contribution in [-0.2, 0) is 6.54 Å². The first-order chi connectivity index (χ1) is 7.15. The van der Waals surface area contributed by atoms with Crippen molar-refractivity contribution in [3.05, 3.63) is 34.6 Å². The second kappa shape index (κ2) is 5.82. The number of benzene rings is 1. The number of likely N-dealkylation sites (tertiary alicyclic amines) is 1. The van der Waals surface area contributed by atoms with Crippen LogP contribution in [0.1, 0.15) is 12.0 Å². The fourth-order valence-corrected chi connectivity index (χ4v) is 2.06. The largest absolute Gasteiger partial charge is 0.326 e. The Kier molecular flexibility index (Phi) is 4.99. The molecule has 1 aromatic rings. The topological polar surface area (TPSA) is 29.3 Å². The van der Waals surface area contributed by atoms with Crippen molar-refractivity contribution in [1.29, 1.82) is 0 Å². The van der Waals surface area contributed by atoms with E-state index in [4.69, 9.17) is 17.3 Å². The summed E-state index contributed by atoms with van der Waals surface area (Å²) in [6.45, 7) is 2.42. The summed E-state index contributed by atoms with van der Waals surface area (Å²) < 4.78 is 13.5. The minimum absolute atomic E-state index is 0. The van der Waals surface area contributed by atoms with Crippen LogP contribution < -0.4 is 5.73 Å². The summed E-state index contributed by atoms with van der Waals surface area (Å²) in [5, 5.41) is 0.439. The summed E-state index contributed by atoms with van der Waals surface area (Å²) in [4.78, 5) is 2.16. The van der Waals surface area contributed by atoms with Crippen molar-refractivity contribution in [3.63, 3.8) is 0 Å².